The minimum absolute atomic E-state index is 0.527. The van der Waals surface area contributed by atoms with Gasteiger partial charge in [-0.3, -0.25) is 4.90 Å². The molecule has 2 nitrogen and oxygen atoms in total. The second kappa shape index (κ2) is 3.42. The highest BCUT2D eigenvalue weighted by atomic mass is 127. The molecule has 2 aliphatic rings. The lowest BCUT2D eigenvalue weighted by atomic mass is 9.90. The van der Waals surface area contributed by atoms with Crippen molar-refractivity contribution in [2.45, 2.75) is 35.8 Å². The van der Waals surface area contributed by atoms with E-state index in [0.29, 0.717) is 3.55 Å². The molecule has 1 aliphatic heterocycles. The average Bonchev–Trinajstić information content (AvgIpc) is 2.01. The van der Waals surface area contributed by atoms with E-state index in [1.165, 1.54) is 38.9 Å². The number of hydrogen-bond donors (Lipinski definition) is 1. The molecule has 1 saturated heterocycles. The first-order valence-corrected chi connectivity index (χ1v) is 5.97. The molecule has 0 bridgehead atoms. The molecule has 1 heterocycles. The molecule has 0 radical (unpaired) electrons. The summed E-state index contributed by atoms with van der Waals surface area (Å²) >= 11 is 2.66. The Bertz CT molecular complexity index is 168. The first-order chi connectivity index (χ1) is 5.72. The van der Waals surface area contributed by atoms with Crippen molar-refractivity contribution in [2.75, 3.05) is 19.6 Å². The molecule has 12 heavy (non-hydrogen) atoms. The van der Waals surface area contributed by atoms with Crippen molar-refractivity contribution in [1.82, 2.24) is 10.2 Å². The van der Waals surface area contributed by atoms with Crippen molar-refractivity contribution >= 4 is 22.6 Å². The molecule has 0 spiro atoms. The second-order valence-electron chi connectivity index (χ2n) is 4.02. The van der Waals surface area contributed by atoms with Gasteiger partial charge in [-0.05, 0) is 26.2 Å². The molecule has 2 rings (SSSR count). The summed E-state index contributed by atoms with van der Waals surface area (Å²) in [6.07, 6.45) is 4.23. The second-order valence-corrected chi connectivity index (χ2v) is 6.03. The van der Waals surface area contributed by atoms with Crippen LogP contribution in [-0.4, -0.2) is 34.1 Å². The lowest BCUT2D eigenvalue weighted by Crippen LogP contribution is -2.60. The average molecular weight is 280 g/mol. The van der Waals surface area contributed by atoms with Crippen molar-refractivity contribution in [3.8, 4) is 0 Å². The maximum atomic E-state index is 3.44. The van der Waals surface area contributed by atoms with Gasteiger partial charge >= 0.3 is 0 Å². The molecule has 0 aromatic rings. The topological polar surface area (TPSA) is 15.3 Å². The number of nitrogens with one attached hydrogen (secondary N) is 1. The van der Waals surface area contributed by atoms with Crippen LogP contribution in [0.25, 0.3) is 0 Å². The third-order valence-corrected chi connectivity index (χ3v) is 4.83. The first-order valence-electron chi connectivity index (χ1n) is 4.89. The van der Waals surface area contributed by atoms with Gasteiger partial charge in [0, 0.05) is 25.7 Å². The van der Waals surface area contributed by atoms with Crippen LogP contribution < -0.4 is 5.32 Å². The van der Waals surface area contributed by atoms with Crippen molar-refractivity contribution in [1.29, 1.82) is 0 Å². The van der Waals surface area contributed by atoms with Gasteiger partial charge in [-0.15, -0.1) is 0 Å². The van der Waals surface area contributed by atoms with Crippen LogP contribution in [-0.2, 0) is 0 Å². The van der Waals surface area contributed by atoms with Crippen LogP contribution in [0.3, 0.4) is 0 Å². The lowest BCUT2D eigenvalue weighted by Gasteiger charge is -2.51. The van der Waals surface area contributed by atoms with Crippen LogP contribution >= 0.6 is 22.6 Å². The summed E-state index contributed by atoms with van der Waals surface area (Å²) in [6.45, 7) is 5.93. The Labute approximate surface area is 88.2 Å². The third kappa shape index (κ3) is 1.51. The van der Waals surface area contributed by atoms with Gasteiger partial charge < -0.3 is 5.32 Å². The minimum atomic E-state index is 0.527. The maximum Gasteiger partial charge on any atom is 0.0733 e. The molecule has 3 heteroatoms. The van der Waals surface area contributed by atoms with E-state index in [2.05, 4.69) is 39.7 Å². The molecule has 2 fully saturated rings. The standard InChI is InChI=1S/C9H17IN2/c1-8-7-11-5-6-12(8)9(10)3-2-4-9/h8,11H,2-7H2,1H3. The van der Waals surface area contributed by atoms with Gasteiger partial charge in [0.05, 0.1) is 3.55 Å². The Morgan fingerprint density at radius 1 is 1.50 bits per heavy atom. The number of nitrogens with zero attached hydrogens (tertiary/aromatic N) is 1. The van der Waals surface area contributed by atoms with Crippen molar-refractivity contribution in [3.63, 3.8) is 0 Å². The zero-order valence-electron chi connectivity index (χ0n) is 7.65. The van der Waals surface area contributed by atoms with E-state index >= 15 is 0 Å². The molecule has 1 unspecified atom stereocenters. The van der Waals surface area contributed by atoms with Gasteiger partial charge in [0.15, 0.2) is 0 Å². The lowest BCUT2D eigenvalue weighted by molar-refractivity contribution is 0.0565. The van der Waals surface area contributed by atoms with Gasteiger partial charge in [0.2, 0.25) is 0 Å². The fourth-order valence-corrected chi connectivity index (χ4v) is 3.67. The highest BCUT2D eigenvalue weighted by Gasteiger charge is 2.42. The molecule has 0 aromatic heterocycles. The largest absolute Gasteiger partial charge is 0.314 e. The Morgan fingerprint density at radius 2 is 2.25 bits per heavy atom. The summed E-state index contributed by atoms with van der Waals surface area (Å²) in [5.41, 5.74) is 0. The summed E-state index contributed by atoms with van der Waals surface area (Å²) in [6, 6.07) is 0.732. The minimum Gasteiger partial charge on any atom is -0.314 e. The van der Waals surface area contributed by atoms with E-state index in [-0.39, 0.29) is 0 Å². The van der Waals surface area contributed by atoms with E-state index < -0.39 is 0 Å². The summed E-state index contributed by atoms with van der Waals surface area (Å²) in [5, 5.41) is 3.44. The van der Waals surface area contributed by atoms with E-state index in [4.69, 9.17) is 0 Å². The van der Waals surface area contributed by atoms with Crippen LogP contribution in [0.4, 0.5) is 0 Å². The first kappa shape index (κ1) is 9.21. The molecule has 1 atom stereocenters. The van der Waals surface area contributed by atoms with Gasteiger partial charge in [0.1, 0.15) is 0 Å². The van der Waals surface area contributed by atoms with Crippen LogP contribution in [0.2, 0.25) is 0 Å². The molecular formula is C9H17IN2. The van der Waals surface area contributed by atoms with Crippen LogP contribution in [0.5, 0.6) is 0 Å². The van der Waals surface area contributed by atoms with Crippen molar-refractivity contribution in [3.05, 3.63) is 0 Å². The van der Waals surface area contributed by atoms with E-state index in [0.717, 1.165) is 6.04 Å². The van der Waals surface area contributed by atoms with Gasteiger partial charge in [0.25, 0.3) is 0 Å². The number of rotatable bonds is 1. The van der Waals surface area contributed by atoms with Crippen LogP contribution in [0, 0.1) is 0 Å². The normalized spacial score (nSPS) is 36.0. The molecule has 1 saturated carbocycles. The smallest absolute Gasteiger partial charge is 0.0733 e. The summed E-state index contributed by atoms with van der Waals surface area (Å²) < 4.78 is 0.527. The molecular weight excluding hydrogens is 263 g/mol. The van der Waals surface area contributed by atoms with Crippen molar-refractivity contribution in [2.24, 2.45) is 0 Å². The van der Waals surface area contributed by atoms with E-state index in [1.807, 2.05) is 0 Å². The summed E-state index contributed by atoms with van der Waals surface area (Å²) in [5.74, 6) is 0. The quantitative estimate of drug-likeness (QED) is 0.446. The van der Waals surface area contributed by atoms with E-state index in [1.54, 1.807) is 0 Å². The summed E-state index contributed by atoms with van der Waals surface area (Å²) in [4.78, 5) is 2.69. The molecule has 0 amide bonds. The SMILES string of the molecule is CC1CNCCN1C1(I)CCC1. The predicted octanol–water partition coefficient (Wildman–Crippen LogP) is 1.60. The van der Waals surface area contributed by atoms with Gasteiger partial charge in [-0.1, -0.05) is 22.6 Å². The molecule has 0 aromatic carbocycles. The molecule has 70 valence electrons. The molecule has 1 N–H and O–H groups in total. The maximum absolute atomic E-state index is 3.44. The Kier molecular flexibility index (Phi) is 2.63. The zero-order valence-corrected chi connectivity index (χ0v) is 9.80. The third-order valence-electron chi connectivity index (χ3n) is 3.14. The van der Waals surface area contributed by atoms with Crippen LogP contribution in [0.15, 0.2) is 0 Å². The Morgan fingerprint density at radius 3 is 2.75 bits per heavy atom. The van der Waals surface area contributed by atoms with Crippen molar-refractivity contribution < 1.29 is 0 Å². The number of alkyl halides is 1. The Balaban J connectivity index is 2.00. The number of halogens is 1. The molecule has 1 aliphatic carbocycles. The van der Waals surface area contributed by atoms with Gasteiger partial charge in [-0.25, -0.2) is 0 Å². The number of piperazine rings is 1. The fourth-order valence-electron chi connectivity index (χ4n) is 2.19. The Hall–Kier alpha value is 0.650. The zero-order chi connectivity index (χ0) is 8.60. The highest BCUT2D eigenvalue weighted by molar-refractivity contribution is 14.1. The highest BCUT2D eigenvalue weighted by Crippen LogP contribution is 2.44. The van der Waals surface area contributed by atoms with Crippen LogP contribution in [0.1, 0.15) is 26.2 Å². The number of hydrogen-bond acceptors (Lipinski definition) is 2. The predicted molar refractivity (Wildman–Crippen MR) is 59.6 cm³/mol. The fraction of sp³-hybridized carbons (Fsp3) is 1.00. The van der Waals surface area contributed by atoms with Gasteiger partial charge in [-0.2, -0.15) is 0 Å². The monoisotopic (exact) mass is 280 g/mol. The van der Waals surface area contributed by atoms with E-state index in [9.17, 15) is 0 Å². The summed E-state index contributed by atoms with van der Waals surface area (Å²) in [7, 11) is 0.